The van der Waals surface area contributed by atoms with Gasteiger partial charge in [0, 0.05) is 12.6 Å². The molecule has 1 saturated carbocycles. The van der Waals surface area contributed by atoms with Crippen molar-refractivity contribution in [3.8, 4) is 6.01 Å². The van der Waals surface area contributed by atoms with Crippen LogP contribution in [0.3, 0.4) is 0 Å². The van der Waals surface area contributed by atoms with Gasteiger partial charge in [0.2, 0.25) is 11.9 Å². The highest BCUT2D eigenvalue weighted by atomic mass is 16.5. The van der Waals surface area contributed by atoms with Crippen LogP contribution in [0, 0.1) is 5.92 Å². The first-order valence-corrected chi connectivity index (χ1v) is 8.01. The average molecular weight is 293 g/mol. The normalized spacial score (nSPS) is 15.6. The Morgan fingerprint density at radius 2 is 1.95 bits per heavy atom. The van der Waals surface area contributed by atoms with Crippen LogP contribution in [0.25, 0.3) is 0 Å². The standard InChI is InChI=1S/C15H27N5O/c1-4-9-21-15-18-13(16)17-14(19-15)20(10-11(2)3)12-7-5-6-8-12/h11-12H,4-10H2,1-3H3,(H2,16,17,18,19). The van der Waals surface area contributed by atoms with Crippen LogP contribution < -0.4 is 15.4 Å². The van der Waals surface area contributed by atoms with E-state index in [4.69, 9.17) is 10.5 Å². The Morgan fingerprint density at radius 1 is 1.24 bits per heavy atom. The van der Waals surface area contributed by atoms with E-state index in [1.165, 1.54) is 25.7 Å². The van der Waals surface area contributed by atoms with Crippen LogP contribution in [-0.2, 0) is 0 Å². The van der Waals surface area contributed by atoms with Crippen molar-refractivity contribution in [1.82, 2.24) is 15.0 Å². The summed E-state index contributed by atoms with van der Waals surface area (Å²) in [6.07, 6.45) is 5.87. The summed E-state index contributed by atoms with van der Waals surface area (Å²) in [6, 6.07) is 0.847. The molecule has 0 aromatic carbocycles. The predicted molar refractivity (Wildman–Crippen MR) is 84.5 cm³/mol. The van der Waals surface area contributed by atoms with E-state index in [1.54, 1.807) is 0 Å². The molecule has 1 aromatic rings. The monoisotopic (exact) mass is 293 g/mol. The fraction of sp³-hybridized carbons (Fsp3) is 0.800. The van der Waals surface area contributed by atoms with E-state index in [0.29, 0.717) is 30.5 Å². The van der Waals surface area contributed by atoms with E-state index in [0.717, 1.165) is 13.0 Å². The lowest BCUT2D eigenvalue weighted by molar-refractivity contribution is 0.291. The van der Waals surface area contributed by atoms with Crippen molar-refractivity contribution in [3.05, 3.63) is 0 Å². The Hall–Kier alpha value is -1.59. The summed E-state index contributed by atoms with van der Waals surface area (Å²) in [7, 11) is 0. The van der Waals surface area contributed by atoms with Crippen LogP contribution in [0.15, 0.2) is 0 Å². The molecule has 1 aliphatic carbocycles. The van der Waals surface area contributed by atoms with Crippen molar-refractivity contribution in [3.63, 3.8) is 0 Å². The van der Waals surface area contributed by atoms with Gasteiger partial charge in [-0.25, -0.2) is 0 Å². The molecule has 2 N–H and O–H groups in total. The molecule has 0 radical (unpaired) electrons. The second-order valence-corrected chi connectivity index (χ2v) is 6.11. The quantitative estimate of drug-likeness (QED) is 0.832. The number of hydrogen-bond acceptors (Lipinski definition) is 6. The van der Waals surface area contributed by atoms with Gasteiger partial charge < -0.3 is 15.4 Å². The number of rotatable bonds is 7. The Kier molecular flexibility index (Phi) is 5.59. The number of ether oxygens (including phenoxy) is 1. The highest BCUT2D eigenvalue weighted by molar-refractivity contribution is 5.37. The molecular formula is C15H27N5O. The lowest BCUT2D eigenvalue weighted by Gasteiger charge is -2.30. The van der Waals surface area contributed by atoms with E-state index in [9.17, 15) is 0 Å². The number of anilines is 2. The highest BCUT2D eigenvalue weighted by Gasteiger charge is 2.26. The lowest BCUT2D eigenvalue weighted by Crippen LogP contribution is -2.37. The van der Waals surface area contributed by atoms with Crippen molar-refractivity contribution in [2.24, 2.45) is 5.92 Å². The molecule has 118 valence electrons. The van der Waals surface area contributed by atoms with E-state index < -0.39 is 0 Å². The van der Waals surface area contributed by atoms with Gasteiger partial charge in [-0.3, -0.25) is 0 Å². The number of nitrogens with zero attached hydrogens (tertiary/aromatic N) is 4. The minimum Gasteiger partial charge on any atom is -0.463 e. The molecule has 0 atom stereocenters. The molecule has 0 amide bonds. The molecule has 1 aromatic heterocycles. The number of hydrogen-bond donors (Lipinski definition) is 1. The molecule has 1 heterocycles. The van der Waals surface area contributed by atoms with Crippen LogP contribution >= 0.6 is 0 Å². The minimum absolute atomic E-state index is 0.234. The Balaban J connectivity index is 2.22. The maximum absolute atomic E-state index is 5.83. The van der Waals surface area contributed by atoms with Gasteiger partial charge in [0.1, 0.15) is 0 Å². The summed E-state index contributed by atoms with van der Waals surface area (Å²) >= 11 is 0. The van der Waals surface area contributed by atoms with E-state index >= 15 is 0 Å². The van der Waals surface area contributed by atoms with Crippen LogP contribution in [0.5, 0.6) is 6.01 Å². The first-order chi connectivity index (χ1) is 10.1. The van der Waals surface area contributed by atoms with Crippen molar-refractivity contribution in [2.45, 2.75) is 58.9 Å². The second-order valence-electron chi connectivity index (χ2n) is 6.11. The minimum atomic E-state index is 0.234. The summed E-state index contributed by atoms with van der Waals surface area (Å²) in [5.41, 5.74) is 5.83. The van der Waals surface area contributed by atoms with Crippen LogP contribution in [0.4, 0.5) is 11.9 Å². The smallest absolute Gasteiger partial charge is 0.323 e. The summed E-state index contributed by atoms with van der Waals surface area (Å²) in [6.45, 7) is 7.99. The molecule has 0 bridgehead atoms. The third-order valence-electron chi connectivity index (χ3n) is 3.64. The first kappa shape index (κ1) is 15.8. The SMILES string of the molecule is CCCOc1nc(N)nc(N(CC(C)C)C2CCCC2)n1. The molecular weight excluding hydrogens is 266 g/mol. The summed E-state index contributed by atoms with van der Waals surface area (Å²) in [5, 5.41) is 0. The topological polar surface area (TPSA) is 77.2 Å². The van der Waals surface area contributed by atoms with Gasteiger partial charge in [-0.05, 0) is 25.2 Å². The number of aromatic nitrogens is 3. The Morgan fingerprint density at radius 3 is 2.57 bits per heavy atom. The second kappa shape index (κ2) is 7.43. The van der Waals surface area contributed by atoms with E-state index in [-0.39, 0.29) is 5.95 Å². The number of nitrogens with two attached hydrogens (primary N) is 1. The summed E-state index contributed by atoms with van der Waals surface area (Å²) in [5.74, 6) is 1.44. The zero-order chi connectivity index (χ0) is 15.2. The maximum Gasteiger partial charge on any atom is 0.323 e. The summed E-state index contributed by atoms with van der Waals surface area (Å²) in [4.78, 5) is 15.2. The lowest BCUT2D eigenvalue weighted by atomic mass is 10.1. The molecule has 0 aliphatic heterocycles. The van der Waals surface area contributed by atoms with Gasteiger partial charge in [-0.2, -0.15) is 15.0 Å². The molecule has 1 aliphatic rings. The zero-order valence-corrected chi connectivity index (χ0v) is 13.4. The van der Waals surface area contributed by atoms with Crippen LogP contribution in [0.1, 0.15) is 52.9 Å². The van der Waals surface area contributed by atoms with Crippen molar-refractivity contribution >= 4 is 11.9 Å². The van der Waals surface area contributed by atoms with Crippen LogP contribution in [0.2, 0.25) is 0 Å². The largest absolute Gasteiger partial charge is 0.463 e. The van der Waals surface area contributed by atoms with Crippen LogP contribution in [-0.4, -0.2) is 34.1 Å². The molecule has 21 heavy (non-hydrogen) atoms. The molecule has 0 unspecified atom stereocenters. The predicted octanol–water partition coefficient (Wildman–Crippen LogP) is 2.65. The van der Waals surface area contributed by atoms with Crippen molar-refractivity contribution in [2.75, 3.05) is 23.8 Å². The fourth-order valence-corrected chi connectivity index (χ4v) is 2.75. The first-order valence-electron chi connectivity index (χ1n) is 8.01. The Labute approximate surface area is 127 Å². The molecule has 1 fully saturated rings. The molecule has 0 spiro atoms. The molecule has 0 saturated heterocycles. The van der Waals surface area contributed by atoms with Crippen molar-refractivity contribution < 1.29 is 4.74 Å². The molecule has 6 nitrogen and oxygen atoms in total. The van der Waals surface area contributed by atoms with Crippen molar-refractivity contribution in [1.29, 1.82) is 0 Å². The van der Waals surface area contributed by atoms with Gasteiger partial charge in [0.05, 0.1) is 6.61 Å². The van der Waals surface area contributed by atoms with Gasteiger partial charge in [-0.1, -0.05) is 33.6 Å². The molecule has 2 rings (SSSR count). The molecule has 6 heteroatoms. The van der Waals surface area contributed by atoms with E-state index in [1.807, 2.05) is 0 Å². The van der Waals surface area contributed by atoms with Gasteiger partial charge >= 0.3 is 6.01 Å². The highest BCUT2D eigenvalue weighted by Crippen LogP contribution is 2.28. The van der Waals surface area contributed by atoms with Gasteiger partial charge in [0.15, 0.2) is 0 Å². The van der Waals surface area contributed by atoms with Gasteiger partial charge in [0.25, 0.3) is 0 Å². The third kappa shape index (κ3) is 4.44. The zero-order valence-electron chi connectivity index (χ0n) is 13.4. The van der Waals surface area contributed by atoms with E-state index in [2.05, 4.69) is 40.6 Å². The average Bonchev–Trinajstić information content (AvgIpc) is 2.95. The summed E-state index contributed by atoms with van der Waals surface area (Å²) < 4.78 is 5.53. The number of nitrogen functional groups attached to an aromatic ring is 1. The fourth-order valence-electron chi connectivity index (χ4n) is 2.75. The maximum atomic E-state index is 5.83. The van der Waals surface area contributed by atoms with Gasteiger partial charge in [-0.15, -0.1) is 0 Å². The third-order valence-corrected chi connectivity index (χ3v) is 3.64. The Bertz CT molecular complexity index is 446.